The van der Waals surface area contributed by atoms with Gasteiger partial charge in [0.25, 0.3) is 0 Å². The maximum Gasteiger partial charge on any atom is 0.189 e. The molecule has 7 nitrogen and oxygen atoms in total. The number of benzene rings is 7. The van der Waals surface area contributed by atoms with Crippen molar-refractivity contribution < 1.29 is 0 Å². The minimum Gasteiger partial charge on any atom is -0.310 e. The number of nitrogens with zero attached hydrogens (tertiary/aromatic N) is 7. The molecule has 7 heteroatoms. The van der Waals surface area contributed by atoms with E-state index in [1.807, 2.05) is 133 Å². The first kappa shape index (κ1) is 34.9. The summed E-state index contributed by atoms with van der Waals surface area (Å²) >= 11 is 0. The second-order valence-corrected chi connectivity index (χ2v) is 14.1. The molecule has 10 aromatic rings. The van der Waals surface area contributed by atoms with Crippen molar-refractivity contribution in [2.45, 2.75) is 0 Å². The topological polar surface area (TPSA) is 84.6 Å². The van der Waals surface area contributed by atoms with E-state index in [0.29, 0.717) is 22.9 Å². The fraction of sp³-hybridized carbons (Fsp3) is 0. The lowest BCUT2D eigenvalue weighted by Crippen LogP contribution is -2.03. The van der Waals surface area contributed by atoms with E-state index in [0.717, 1.165) is 83.6 Å². The molecular weight excluding hydrogens is 723 g/mol. The van der Waals surface area contributed by atoms with Crippen molar-refractivity contribution in [3.63, 3.8) is 0 Å². The van der Waals surface area contributed by atoms with E-state index in [2.05, 4.69) is 70.1 Å². The van der Waals surface area contributed by atoms with E-state index in [1.54, 1.807) is 0 Å². The Balaban J connectivity index is 1.30. The molecule has 274 valence electrons. The fourth-order valence-corrected chi connectivity index (χ4v) is 7.62. The van der Waals surface area contributed by atoms with Crippen LogP contribution in [0.4, 0.5) is 5.69 Å². The van der Waals surface area contributed by atoms with Crippen molar-refractivity contribution in [1.29, 1.82) is 5.26 Å². The van der Waals surface area contributed by atoms with Crippen LogP contribution in [-0.2, 0) is 0 Å². The minimum absolute atomic E-state index is 0.510. The maximum atomic E-state index is 10.1. The molecule has 3 heterocycles. The Morgan fingerprint density at radius 2 is 0.915 bits per heavy atom. The molecule has 3 aromatic heterocycles. The zero-order valence-corrected chi connectivity index (χ0v) is 31.5. The number of hydrogen-bond donors (Lipinski definition) is 0. The summed E-state index contributed by atoms with van der Waals surface area (Å²) in [5.74, 6) is 1.12. The molecule has 0 radical (unpaired) electrons. The molecule has 0 atom stereocenters. The Kier molecular flexibility index (Phi) is 8.80. The highest BCUT2D eigenvalue weighted by atomic mass is 15.0. The van der Waals surface area contributed by atoms with Gasteiger partial charge in [0, 0.05) is 49.7 Å². The van der Waals surface area contributed by atoms with Crippen molar-refractivity contribution >= 4 is 27.5 Å². The van der Waals surface area contributed by atoms with E-state index in [-0.39, 0.29) is 0 Å². The summed E-state index contributed by atoms with van der Waals surface area (Å²) in [7, 11) is 0. The summed E-state index contributed by atoms with van der Waals surface area (Å²) in [5, 5.41) is 12.0. The Hall–Kier alpha value is -8.52. The van der Waals surface area contributed by atoms with Gasteiger partial charge in [0.15, 0.2) is 17.3 Å². The third kappa shape index (κ3) is 6.55. The van der Waals surface area contributed by atoms with Gasteiger partial charge < -0.3 is 4.57 Å². The summed E-state index contributed by atoms with van der Waals surface area (Å²) in [6.45, 7) is 7.90. The number of rotatable bonds is 7. The fourth-order valence-electron chi connectivity index (χ4n) is 7.62. The summed E-state index contributed by atoms with van der Waals surface area (Å²) in [6, 6.07) is 64.4. The van der Waals surface area contributed by atoms with E-state index in [1.165, 1.54) is 0 Å². The van der Waals surface area contributed by atoms with Gasteiger partial charge in [-0.05, 0) is 42.5 Å². The number of aromatic nitrogens is 5. The molecule has 0 N–H and O–H groups in total. The van der Waals surface area contributed by atoms with Gasteiger partial charge in [-0.2, -0.15) is 5.26 Å². The first-order valence-corrected chi connectivity index (χ1v) is 19.1. The summed E-state index contributed by atoms with van der Waals surface area (Å²) in [4.78, 5) is 24.6. The van der Waals surface area contributed by atoms with Crippen LogP contribution in [0.5, 0.6) is 0 Å². The number of hydrogen-bond acceptors (Lipinski definition) is 5. The molecule has 0 aliphatic heterocycles. The van der Waals surface area contributed by atoms with Crippen LogP contribution in [0.25, 0.3) is 100 Å². The van der Waals surface area contributed by atoms with Gasteiger partial charge in [-0.25, -0.2) is 24.8 Å². The second kappa shape index (κ2) is 14.9. The molecule has 7 aromatic carbocycles. The largest absolute Gasteiger partial charge is 0.310 e. The predicted octanol–water partition coefficient (Wildman–Crippen LogP) is 12.8. The maximum absolute atomic E-state index is 10.1. The first-order chi connectivity index (χ1) is 29.1. The first-order valence-electron chi connectivity index (χ1n) is 19.1. The zero-order valence-electron chi connectivity index (χ0n) is 31.5. The molecule has 0 amide bonds. The van der Waals surface area contributed by atoms with E-state index < -0.39 is 0 Å². The lowest BCUT2D eigenvalue weighted by Gasteiger charge is -2.17. The van der Waals surface area contributed by atoms with Crippen molar-refractivity contribution in [2.75, 3.05) is 0 Å². The van der Waals surface area contributed by atoms with Gasteiger partial charge in [0.05, 0.1) is 52.2 Å². The van der Waals surface area contributed by atoms with Gasteiger partial charge in [0.2, 0.25) is 0 Å². The van der Waals surface area contributed by atoms with Crippen LogP contribution >= 0.6 is 0 Å². The summed E-state index contributed by atoms with van der Waals surface area (Å²) < 4.78 is 2.13. The SMILES string of the molecule is [C-]#[N+]c1ccc2c3ccc(C#N)cc3n(-c3ccc(-c4cc(-c5ccccc5)nc(-c5ccccc5)n4)cc3-c3nc(-c4ccccc4)cc(-c4ccccc4)n3)c2c1. The van der Waals surface area contributed by atoms with Gasteiger partial charge in [0.1, 0.15) is 0 Å². The normalized spacial score (nSPS) is 11.0. The third-order valence-corrected chi connectivity index (χ3v) is 10.5. The molecule has 0 spiro atoms. The minimum atomic E-state index is 0.510. The van der Waals surface area contributed by atoms with Gasteiger partial charge in [-0.3, -0.25) is 0 Å². The Morgan fingerprint density at radius 1 is 0.441 bits per heavy atom. The van der Waals surface area contributed by atoms with Crippen molar-refractivity contribution in [3.05, 3.63) is 205 Å². The van der Waals surface area contributed by atoms with Gasteiger partial charge in [-0.15, -0.1) is 0 Å². The zero-order chi connectivity index (χ0) is 39.7. The van der Waals surface area contributed by atoms with Gasteiger partial charge >= 0.3 is 0 Å². The third-order valence-electron chi connectivity index (χ3n) is 10.5. The van der Waals surface area contributed by atoms with Crippen LogP contribution in [0.1, 0.15) is 5.56 Å². The summed E-state index contributed by atoms with van der Waals surface area (Å²) in [6.07, 6.45) is 0. The van der Waals surface area contributed by atoms with Crippen LogP contribution in [-0.4, -0.2) is 24.5 Å². The van der Waals surface area contributed by atoms with Crippen molar-refractivity contribution in [3.8, 4) is 79.6 Å². The highest BCUT2D eigenvalue weighted by Crippen LogP contribution is 2.40. The Morgan fingerprint density at radius 3 is 1.44 bits per heavy atom. The molecule has 10 rings (SSSR count). The number of fused-ring (bicyclic) bond motifs is 3. The predicted molar refractivity (Wildman–Crippen MR) is 236 cm³/mol. The lowest BCUT2D eigenvalue weighted by atomic mass is 10.0. The van der Waals surface area contributed by atoms with Crippen LogP contribution in [0.2, 0.25) is 0 Å². The standard InChI is InChI=1S/C52H31N7/c1-54-40-24-26-42-41-25-22-34(33-53)28-49(41)59(50(42)30-40)48-27-23-39(47-32-44(35-14-6-2-7-15-35)55-51(56-47)38-20-12-5-13-21-38)29-43(48)52-57-45(36-16-8-3-9-17-36)31-46(58-52)37-18-10-4-11-19-37/h2-32H. The molecule has 0 saturated carbocycles. The molecule has 0 saturated heterocycles. The molecule has 0 aliphatic carbocycles. The molecule has 0 unspecified atom stereocenters. The van der Waals surface area contributed by atoms with E-state index in [4.69, 9.17) is 26.5 Å². The monoisotopic (exact) mass is 753 g/mol. The average molecular weight is 754 g/mol. The highest BCUT2D eigenvalue weighted by molar-refractivity contribution is 6.11. The molecule has 59 heavy (non-hydrogen) atoms. The van der Waals surface area contributed by atoms with Crippen LogP contribution in [0.15, 0.2) is 188 Å². The van der Waals surface area contributed by atoms with Crippen LogP contribution < -0.4 is 0 Å². The Labute approximate surface area is 340 Å². The van der Waals surface area contributed by atoms with Crippen molar-refractivity contribution in [1.82, 2.24) is 24.5 Å². The number of nitriles is 1. The molecule has 0 bridgehead atoms. The second-order valence-electron chi connectivity index (χ2n) is 14.1. The average Bonchev–Trinajstić information content (AvgIpc) is 3.64. The van der Waals surface area contributed by atoms with E-state index >= 15 is 0 Å². The van der Waals surface area contributed by atoms with Crippen LogP contribution in [0, 0.1) is 17.9 Å². The lowest BCUT2D eigenvalue weighted by molar-refractivity contribution is 1.13. The summed E-state index contributed by atoms with van der Waals surface area (Å²) in [5.41, 5.74) is 12.0. The highest BCUT2D eigenvalue weighted by Gasteiger charge is 2.21. The van der Waals surface area contributed by atoms with Crippen molar-refractivity contribution in [2.24, 2.45) is 0 Å². The molecule has 0 aliphatic rings. The van der Waals surface area contributed by atoms with E-state index in [9.17, 15) is 5.26 Å². The molecule has 0 fully saturated rings. The molecular formula is C52H31N7. The quantitative estimate of drug-likeness (QED) is 0.151. The van der Waals surface area contributed by atoms with Crippen LogP contribution in [0.3, 0.4) is 0 Å². The Bertz CT molecular complexity index is 3090. The van der Waals surface area contributed by atoms with Gasteiger partial charge in [-0.1, -0.05) is 146 Å². The smallest absolute Gasteiger partial charge is 0.189 e.